The van der Waals surface area contributed by atoms with Crippen LogP contribution in [0.5, 0.6) is 17.2 Å². The first-order chi connectivity index (χ1) is 21.4. The lowest BCUT2D eigenvalue weighted by atomic mass is 10.1. The largest absolute Gasteiger partial charge is 0.487 e. The monoisotopic (exact) mass is 596 g/mol. The summed E-state index contributed by atoms with van der Waals surface area (Å²) in [5.41, 5.74) is 2.14. The molecule has 1 unspecified atom stereocenters. The van der Waals surface area contributed by atoms with Crippen LogP contribution in [0.4, 0.5) is 21.7 Å². The fourth-order valence-corrected chi connectivity index (χ4v) is 5.29. The van der Waals surface area contributed by atoms with E-state index in [0.717, 1.165) is 0 Å². The van der Waals surface area contributed by atoms with Crippen LogP contribution in [0, 0.1) is 5.82 Å². The van der Waals surface area contributed by atoms with Crippen LogP contribution in [0.1, 0.15) is 0 Å². The van der Waals surface area contributed by atoms with E-state index in [-0.39, 0.29) is 17.7 Å². The number of benzene rings is 1. The van der Waals surface area contributed by atoms with Crippen molar-refractivity contribution in [3.8, 4) is 17.2 Å². The molecule has 2 aliphatic rings. The van der Waals surface area contributed by atoms with E-state index < -0.39 is 5.82 Å². The number of carbonyl (C=O) groups is 1. The summed E-state index contributed by atoms with van der Waals surface area (Å²) in [5, 5.41) is 7.22. The first kappa shape index (κ1) is 27.5. The average Bonchev–Trinajstić information content (AvgIpc) is 3.44. The Bertz CT molecular complexity index is 1890. The number of aromatic nitrogens is 6. The predicted molar refractivity (Wildman–Crippen MR) is 161 cm³/mol. The van der Waals surface area contributed by atoms with E-state index in [0.29, 0.717) is 78.3 Å². The van der Waals surface area contributed by atoms with Gasteiger partial charge in [-0.2, -0.15) is 5.10 Å². The van der Waals surface area contributed by atoms with E-state index in [2.05, 4.69) is 30.3 Å². The number of pyridine rings is 2. The molecular formula is C30H29FN10O3. The van der Waals surface area contributed by atoms with Crippen LogP contribution in [0.15, 0.2) is 67.4 Å². The molecule has 4 aromatic heterocycles. The molecule has 1 amide bonds. The van der Waals surface area contributed by atoms with Gasteiger partial charge in [0.2, 0.25) is 5.91 Å². The van der Waals surface area contributed by atoms with Crippen LogP contribution in [0.25, 0.3) is 16.7 Å². The fourth-order valence-electron chi connectivity index (χ4n) is 5.29. The molecule has 1 fully saturated rings. The minimum atomic E-state index is -0.556. The topological polar surface area (TPSA) is 126 Å². The van der Waals surface area contributed by atoms with Gasteiger partial charge in [-0.05, 0) is 32.3 Å². The molecule has 0 saturated carbocycles. The highest BCUT2D eigenvalue weighted by Crippen LogP contribution is 2.36. The van der Waals surface area contributed by atoms with Gasteiger partial charge >= 0.3 is 0 Å². The van der Waals surface area contributed by atoms with Gasteiger partial charge in [-0.1, -0.05) is 6.08 Å². The van der Waals surface area contributed by atoms with Crippen molar-refractivity contribution >= 4 is 39.9 Å². The van der Waals surface area contributed by atoms with Crippen LogP contribution < -0.4 is 19.7 Å². The zero-order chi connectivity index (χ0) is 30.2. The molecule has 13 nitrogen and oxygen atoms in total. The van der Waals surface area contributed by atoms with Gasteiger partial charge in [0.1, 0.15) is 30.5 Å². The number of carbonyl (C=O) groups excluding carboxylic acids is 1. The number of piperazine rings is 1. The Kier molecular flexibility index (Phi) is 7.10. The van der Waals surface area contributed by atoms with Gasteiger partial charge in [0.25, 0.3) is 0 Å². The summed E-state index contributed by atoms with van der Waals surface area (Å²) in [7, 11) is 3.92. The molecule has 2 bridgehead atoms. The summed E-state index contributed by atoms with van der Waals surface area (Å²) in [6, 6.07) is 9.64. The molecule has 44 heavy (non-hydrogen) atoms. The number of halogens is 1. The smallest absolute Gasteiger partial charge is 0.246 e. The molecule has 1 aromatic carbocycles. The summed E-state index contributed by atoms with van der Waals surface area (Å²) < 4.78 is 28.6. The number of hydrogen-bond acceptors (Lipinski definition) is 11. The highest BCUT2D eigenvalue weighted by atomic mass is 19.1. The van der Waals surface area contributed by atoms with Crippen molar-refractivity contribution in [1.29, 1.82) is 0 Å². The molecule has 1 N–H and O–H groups in total. The van der Waals surface area contributed by atoms with Crippen molar-refractivity contribution in [2.75, 3.05) is 57.1 Å². The Labute approximate surface area is 251 Å². The Morgan fingerprint density at radius 3 is 2.93 bits per heavy atom. The van der Waals surface area contributed by atoms with Gasteiger partial charge in [-0.25, -0.2) is 28.8 Å². The maximum absolute atomic E-state index is 15.1. The fraction of sp³-hybridized carbons (Fsp3) is 0.267. The van der Waals surface area contributed by atoms with Crippen LogP contribution in [-0.2, 0) is 4.79 Å². The number of amides is 1. The molecule has 5 aromatic rings. The maximum Gasteiger partial charge on any atom is 0.246 e. The number of anilines is 3. The third-order valence-corrected chi connectivity index (χ3v) is 7.46. The number of ether oxygens (including phenoxy) is 2. The number of nitrogens with zero attached hydrogens (tertiary/aromatic N) is 9. The summed E-state index contributed by atoms with van der Waals surface area (Å²) in [4.78, 5) is 36.7. The van der Waals surface area contributed by atoms with Gasteiger partial charge in [-0.3, -0.25) is 4.79 Å². The minimum Gasteiger partial charge on any atom is -0.487 e. The third-order valence-electron chi connectivity index (χ3n) is 7.46. The Morgan fingerprint density at radius 2 is 2.07 bits per heavy atom. The number of nitrogens with one attached hydrogen (secondary N) is 1. The highest BCUT2D eigenvalue weighted by Gasteiger charge is 2.35. The molecule has 6 heterocycles. The summed E-state index contributed by atoms with van der Waals surface area (Å²) in [5.74, 6) is 1.59. The molecule has 0 spiro atoms. The van der Waals surface area contributed by atoms with Crippen molar-refractivity contribution in [2.45, 2.75) is 6.04 Å². The lowest BCUT2D eigenvalue weighted by molar-refractivity contribution is -0.129. The van der Waals surface area contributed by atoms with E-state index in [9.17, 15) is 4.79 Å². The second-order valence-corrected chi connectivity index (χ2v) is 10.8. The van der Waals surface area contributed by atoms with Crippen molar-refractivity contribution in [2.24, 2.45) is 0 Å². The molecule has 14 heteroatoms. The van der Waals surface area contributed by atoms with E-state index in [1.54, 1.807) is 41.1 Å². The van der Waals surface area contributed by atoms with Gasteiger partial charge in [0.15, 0.2) is 34.6 Å². The summed E-state index contributed by atoms with van der Waals surface area (Å²) in [6.45, 7) is 2.78. The Balaban J connectivity index is 1.10. The lowest BCUT2D eigenvalue weighted by Crippen LogP contribution is -2.56. The molecule has 0 radical (unpaired) electrons. The number of likely N-dealkylation sites (N-methyl/N-ethyl adjacent to an activating group) is 1. The Morgan fingerprint density at radius 1 is 1.16 bits per heavy atom. The van der Waals surface area contributed by atoms with Crippen LogP contribution in [0.3, 0.4) is 0 Å². The normalized spacial score (nSPS) is 16.3. The van der Waals surface area contributed by atoms with Crippen molar-refractivity contribution < 1.29 is 18.7 Å². The maximum atomic E-state index is 15.1. The van der Waals surface area contributed by atoms with Gasteiger partial charge in [0.05, 0.1) is 11.6 Å². The van der Waals surface area contributed by atoms with Crippen molar-refractivity contribution in [3.63, 3.8) is 0 Å². The highest BCUT2D eigenvalue weighted by molar-refractivity contribution is 5.90. The van der Waals surface area contributed by atoms with Crippen LogP contribution in [0.2, 0.25) is 0 Å². The number of hydrogen-bond donors (Lipinski definition) is 1. The molecule has 224 valence electrons. The minimum absolute atomic E-state index is 0.0263. The third kappa shape index (κ3) is 5.42. The second-order valence-electron chi connectivity index (χ2n) is 10.8. The zero-order valence-electron chi connectivity index (χ0n) is 24.1. The number of fused-ring (bicyclic) bond motifs is 6. The SMILES string of the molecule is CN(C)C/C=C/C(=O)N1CCN2CC1COc1cc3ncnc(Nc4ccc(Oc5ccn6ncnc6c5)c(F)c4)c3nc12. The standard InChI is InChI=1S/C30H29FN10O3/c1-38(2)8-3-4-27(42)40-11-10-39-15-20(40)16-43-25-14-23-28(37-30(25)39)29(34-17-32-23)36-19-5-6-24(22(31)12-19)44-21-7-9-41-26(13-21)33-18-35-41/h3-7,9,12-14,17-18,20H,8,10-11,15-16H2,1-2H3,(H,32,34,36)/b4-3+. The van der Waals surface area contributed by atoms with Gasteiger partial charge < -0.3 is 29.5 Å². The molecule has 7 rings (SSSR count). The second kappa shape index (κ2) is 11.4. The summed E-state index contributed by atoms with van der Waals surface area (Å²) in [6.07, 6.45) is 8.04. The molecule has 1 atom stereocenters. The first-order valence-electron chi connectivity index (χ1n) is 14.1. The van der Waals surface area contributed by atoms with Gasteiger partial charge in [0, 0.05) is 62.3 Å². The molecular weight excluding hydrogens is 567 g/mol. The predicted octanol–water partition coefficient (Wildman–Crippen LogP) is 3.27. The average molecular weight is 597 g/mol. The summed E-state index contributed by atoms with van der Waals surface area (Å²) >= 11 is 0. The van der Waals surface area contributed by atoms with E-state index in [1.165, 1.54) is 18.7 Å². The molecule has 2 aliphatic heterocycles. The van der Waals surface area contributed by atoms with Gasteiger partial charge in [-0.15, -0.1) is 0 Å². The molecule has 0 aliphatic carbocycles. The van der Waals surface area contributed by atoms with E-state index in [1.807, 2.05) is 36.0 Å². The number of rotatable bonds is 7. The zero-order valence-corrected chi connectivity index (χ0v) is 24.1. The van der Waals surface area contributed by atoms with Crippen molar-refractivity contribution in [3.05, 3.63) is 73.2 Å². The first-order valence-corrected chi connectivity index (χ1v) is 14.1. The van der Waals surface area contributed by atoms with Crippen LogP contribution >= 0.6 is 0 Å². The van der Waals surface area contributed by atoms with E-state index >= 15 is 4.39 Å². The van der Waals surface area contributed by atoms with Crippen LogP contribution in [-0.4, -0.2) is 98.2 Å². The quantitative estimate of drug-likeness (QED) is 0.278. The van der Waals surface area contributed by atoms with Crippen molar-refractivity contribution in [1.82, 2.24) is 39.3 Å². The molecule has 1 saturated heterocycles. The Hall–Kier alpha value is -5.37. The van der Waals surface area contributed by atoms with E-state index in [4.69, 9.17) is 14.5 Å². The lowest BCUT2D eigenvalue weighted by Gasteiger charge is -2.39.